The highest BCUT2D eigenvalue weighted by atomic mass is 35.5. The molecule has 1 N–H and O–H groups in total. The molecule has 1 unspecified atom stereocenters. The molecule has 2 rings (SSSR count). The van der Waals surface area contributed by atoms with Gasteiger partial charge in [0.1, 0.15) is 11.5 Å². The van der Waals surface area contributed by atoms with Gasteiger partial charge in [-0.2, -0.15) is 13.2 Å². The zero-order valence-electron chi connectivity index (χ0n) is 12.2. The van der Waals surface area contributed by atoms with Crippen LogP contribution in [0.15, 0.2) is 42.6 Å². The lowest BCUT2D eigenvalue weighted by Crippen LogP contribution is -3.00. The Morgan fingerprint density at radius 2 is 1.71 bits per heavy atom. The summed E-state index contributed by atoms with van der Waals surface area (Å²) in [6, 6.07) is 7.93. The average Bonchev–Trinajstić information content (AvgIpc) is 2.49. The van der Waals surface area contributed by atoms with Crippen molar-refractivity contribution in [2.45, 2.75) is 19.2 Å². The molecule has 1 aromatic carbocycles. The zero-order chi connectivity index (χ0) is 17.0. The molecule has 1 aromatic heterocycles. The Hall–Kier alpha value is -2.48. The molecule has 1 atom stereocenters. The lowest BCUT2D eigenvalue weighted by Gasteiger charge is -2.11. The predicted molar refractivity (Wildman–Crippen MR) is 73.5 cm³/mol. The van der Waals surface area contributed by atoms with Gasteiger partial charge in [-0.05, 0) is 37.3 Å². The van der Waals surface area contributed by atoms with Gasteiger partial charge in [-0.3, -0.25) is 0 Å². The Balaban J connectivity index is 0.00000288. The van der Waals surface area contributed by atoms with Crippen molar-refractivity contribution < 1.29 is 45.0 Å². The predicted octanol–water partition coefficient (Wildman–Crippen LogP) is 0.749. The largest absolute Gasteiger partial charge is 1.00 e. The molecule has 0 aliphatic rings. The van der Waals surface area contributed by atoms with Crippen molar-refractivity contribution in [1.82, 2.24) is 4.98 Å². The normalized spacial score (nSPS) is 12.0. The molecule has 5 nitrogen and oxygen atoms in total. The average molecular weight is 363 g/mol. The maximum atomic E-state index is 12.4. The second-order valence-electron chi connectivity index (χ2n) is 4.55. The van der Waals surface area contributed by atoms with Crippen LogP contribution >= 0.6 is 0 Å². The number of pyridine rings is 1. The summed E-state index contributed by atoms with van der Waals surface area (Å²) in [6.07, 6.45) is -4.77. The van der Waals surface area contributed by atoms with Crippen molar-refractivity contribution >= 4 is 5.97 Å². The van der Waals surface area contributed by atoms with Crippen LogP contribution in [0.2, 0.25) is 0 Å². The standard InChI is InChI=1S/C15H12F3NO4.ClH/c1-9(14(20)21)22-11-3-5-12(6-4-11)23-13-7-2-10(8-19-13)15(16,17)18;/h2-9H,1H3,(H,20,21);1H/p-1. The van der Waals surface area contributed by atoms with Crippen molar-refractivity contribution in [3.8, 4) is 17.4 Å². The summed E-state index contributed by atoms with van der Waals surface area (Å²) in [6.45, 7) is 1.39. The fourth-order valence-corrected chi connectivity index (χ4v) is 1.57. The number of alkyl halides is 3. The molecular weight excluding hydrogens is 351 g/mol. The van der Waals surface area contributed by atoms with E-state index in [4.69, 9.17) is 14.6 Å². The number of hydrogen-bond acceptors (Lipinski definition) is 4. The van der Waals surface area contributed by atoms with Gasteiger partial charge >= 0.3 is 12.1 Å². The summed E-state index contributed by atoms with van der Waals surface area (Å²) in [7, 11) is 0. The fourth-order valence-electron chi connectivity index (χ4n) is 1.57. The van der Waals surface area contributed by atoms with E-state index in [0.29, 0.717) is 17.7 Å². The number of carboxylic acid groups (broad SMARTS) is 1. The van der Waals surface area contributed by atoms with E-state index in [1.54, 1.807) is 0 Å². The number of benzene rings is 1. The third-order valence-electron chi connectivity index (χ3n) is 2.77. The Labute approximate surface area is 141 Å². The third kappa shape index (κ3) is 5.31. The number of hydrogen-bond donors (Lipinski definition) is 1. The first-order valence-corrected chi connectivity index (χ1v) is 6.46. The molecule has 0 bridgehead atoms. The molecule has 1 heterocycles. The van der Waals surface area contributed by atoms with Crippen LogP contribution in [0.25, 0.3) is 0 Å². The monoisotopic (exact) mass is 362 g/mol. The number of aliphatic carboxylic acids is 1. The van der Waals surface area contributed by atoms with Gasteiger partial charge in [0.05, 0.1) is 5.56 Å². The highest BCUT2D eigenvalue weighted by molar-refractivity contribution is 5.72. The third-order valence-corrected chi connectivity index (χ3v) is 2.77. The second kappa shape index (κ2) is 7.87. The number of halogens is 4. The topological polar surface area (TPSA) is 68.7 Å². The van der Waals surface area contributed by atoms with Gasteiger partial charge in [0.15, 0.2) is 6.10 Å². The van der Waals surface area contributed by atoms with E-state index in [0.717, 1.165) is 12.1 Å². The SMILES string of the molecule is CC(Oc1ccc(Oc2ccc(C(F)(F)F)cn2)cc1)C(=O)O.[Cl-]. The summed E-state index contributed by atoms with van der Waals surface area (Å²) < 4.78 is 47.7. The van der Waals surface area contributed by atoms with E-state index in [1.165, 1.54) is 31.2 Å². The Morgan fingerprint density at radius 3 is 2.17 bits per heavy atom. The first-order chi connectivity index (χ1) is 10.8. The van der Waals surface area contributed by atoms with E-state index < -0.39 is 23.8 Å². The number of ether oxygens (including phenoxy) is 2. The van der Waals surface area contributed by atoms with Gasteiger partial charge in [-0.1, -0.05) is 0 Å². The van der Waals surface area contributed by atoms with Crippen molar-refractivity contribution in [2.24, 2.45) is 0 Å². The molecule has 9 heteroatoms. The van der Waals surface area contributed by atoms with Crippen molar-refractivity contribution in [1.29, 1.82) is 0 Å². The Morgan fingerprint density at radius 1 is 1.12 bits per heavy atom. The molecule has 0 fully saturated rings. The Bertz CT molecular complexity index is 675. The fraction of sp³-hybridized carbons (Fsp3) is 0.200. The number of aromatic nitrogens is 1. The van der Waals surface area contributed by atoms with Gasteiger partial charge < -0.3 is 27.0 Å². The van der Waals surface area contributed by atoms with Gasteiger partial charge in [-0.15, -0.1) is 0 Å². The molecule has 0 aliphatic carbocycles. The van der Waals surface area contributed by atoms with Crippen LogP contribution in [0.4, 0.5) is 13.2 Å². The molecular formula is C15H12ClF3NO4-. The van der Waals surface area contributed by atoms with Crippen molar-refractivity contribution in [3.05, 3.63) is 48.2 Å². The smallest absolute Gasteiger partial charge is 0.417 e. The van der Waals surface area contributed by atoms with E-state index in [9.17, 15) is 18.0 Å². The van der Waals surface area contributed by atoms with Crippen molar-refractivity contribution in [3.63, 3.8) is 0 Å². The van der Waals surface area contributed by atoms with Gasteiger partial charge in [-0.25, -0.2) is 9.78 Å². The van der Waals surface area contributed by atoms with Crippen LogP contribution in [0.3, 0.4) is 0 Å². The molecule has 0 saturated carbocycles. The van der Waals surface area contributed by atoms with Crippen LogP contribution in [-0.2, 0) is 11.0 Å². The lowest BCUT2D eigenvalue weighted by molar-refractivity contribution is -0.144. The molecule has 0 saturated heterocycles. The van der Waals surface area contributed by atoms with Gasteiger partial charge in [0.2, 0.25) is 5.88 Å². The highest BCUT2D eigenvalue weighted by Gasteiger charge is 2.30. The van der Waals surface area contributed by atoms with Crippen LogP contribution in [0.1, 0.15) is 12.5 Å². The van der Waals surface area contributed by atoms with Crippen molar-refractivity contribution in [2.75, 3.05) is 0 Å². The number of nitrogens with zero attached hydrogens (tertiary/aromatic N) is 1. The van der Waals surface area contributed by atoms with Gasteiger partial charge in [0.25, 0.3) is 0 Å². The van der Waals surface area contributed by atoms with E-state index in [1.807, 2.05) is 0 Å². The molecule has 130 valence electrons. The number of carboxylic acids is 1. The summed E-state index contributed by atoms with van der Waals surface area (Å²) in [4.78, 5) is 14.3. The maximum Gasteiger partial charge on any atom is 0.417 e. The summed E-state index contributed by atoms with van der Waals surface area (Å²) in [5, 5.41) is 8.73. The lowest BCUT2D eigenvalue weighted by atomic mass is 10.3. The van der Waals surface area contributed by atoms with E-state index >= 15 is 0 Å². The highest BCUT2D eigenvalue weighted by Crippen LogP contribution is 2.30. The molecule has 0 amide bonds. The summed E-state index contributed by atoms with van der Waals surface area (Å²) in [5.74, 6) is -0.440. The molecule has 24 heavy (non-hydrogen) atoms. The summed E-state index contributed by atoms with van der Waals surface area (Å²) >= 11 is 0. The second-order valence-corrected chi connectivity index (χ2v) is 4.55. The quantitative estimate of drug-likeness (QED) is 0.850. The minimum absolute atomic E-state index is 0. The molecule has 0 spiro atoms. The minimum Gasteiger partial charge on any atom is -1.00 e. The minimum atomic E-state index is -4.45. The van der Waals surface area contributed by atoms with E-state index in [2.05, 4.69) is 4.98 Å². The maximum absolute atomic E-state index is 12.4. The van der Waals surface area contributed by atoms with Gasteiger partial charge in [0, 0.05) is 12.3 Å². The number of carbonyl (C=O) groups is 1. The molecule has 0 aliphatic heterocycles. The number of rotatable bonds is 5. The zero-order valence-corrected chi connectivity index (χ0v) is 13.0. The first-order valence-electron chi connectivity index (χ1n) is 6.46. The van der Waals surface area contributed by atoms with E-state index in [-0.39, 0.29) is 18.3 Å². The Kier molecular flexibility index (Phi) is 6.42. The summed E-state index contributed by atoms with van der Waals surface area (Å²) in [5.41, 5.74) is -0.865. The van der Waals surface area contributed by atoms with Crippen LogP contribution in [-0.4, -0.2) is 22.2 Å². The first kappa shape index (κ1) is 19.6. The van der Waals surface area contributed by atoms with Crippen LogP contribution in [0, 0.1) is 0 Å². The molecule has 0 radical (unpaired) electrons. The van der Waals surface area contributed by atoms with Crippen LogP contribution in [0.5, 0.6) is 17.4 Å². The molecule has 2 aromatic rings. The van der Waals surface area contributed by atoms with Crippen LogP contribution < -0.4 is 21.9 Å².